The largest absolute Gasteiger partial charge is 0.339 e. The van der Waals surface area contributed by atoms with Crippen molar-refractivity contribution in [3.05, 3.63) is 46.0 Å². The minimum Gasteiger partial charge on any atom is -0.339 e. The molecule has 1 aromatic rings. The van der Waals surface area contributed by atoms with Gasteiger partial charge in [0.15, 0.2) is 0 Å². The van der Waals surface area contributed by atoms with Crippen LogP contribution in [0.15, 0.2) is 30.3 Å². The van der Waals surface area contributed by atoms with Gasteiger partial charge in [-0.05, 0) is 36.6 Å². The number of hydrogen-bond donors (Lipinski definition) is 0. The van der Waals surface area contributed by atoms with E-state index in [1.807, 2.05) is 18.7 Å². The summed E-state index contributed by atoms with van der Waals surface area (Å²) in [6, 6.07) is 6.12. The zero-order valence-electron chi connectivity index (χ0n) is 11.9. The maximum absolute atomic E-state index is 12.0. The van der Waals surface area contributed by atoms with Gasteiger partial charge in [-0.2, -0.15) is 0 Å². The molecule has 0 fully saturated rings. The Kier molecular flexibility index (Phi) is 6.43. The van der Waals surface area contributed by atoms with Gasteiger partial charge >= 0.3 is 0 Å². The van der Waals surface area contributed by atoms with Crippen LogP contribution < -0.4 is 0 Å². The van der Waals surface area contributed by atoms with Gasteiger partial charge in [0.25, 0.3) is 5.69 Å². The molecule has 0 saturated carbocycles. The van der Waals surface area contributed by atoms with Crippen molar-refractivity contribution in [2.24, 2.45) is 0 Å². The molecule has 0 aliphatic carbocycles. The van der Waals surface area contributed by atoms with Crippen LogP contribution in [0.4, 0.5) is 5.69 Å². The number of nitro benzene ring substituents is 1. The molecule has 0 saturated heterocycles. The number of carbonyl (C=O) groups is 1. The Morgan fingerprint density at radius 1 is 1.20 bits per heavy atom. The van der Waals surface area contributed by atoms with Crippen LogP contribution in [0.3, 0.4) is 0 Å². The second-order valence-electron chi connectivity index (χ2n) is 4.51. The minimum absolute atomic E-state index is 0.0212. The Morgan fingerprint density at radius 2 is 1.75 bits per heavy atom. The SMILES string of the molecule is CCCN(CCC)C(=O)/C=C/c1ccc([N+](=O)[O-])cc1. The van der Waals surface area contributed by atoms with E-state index >= 15 is 0 Å². The molecule has 20 heavy (non-hydrogen) atoms. The van der Waals surface area contributed by atoms with Crippen LogP contribution in [0.1, 0.15) is 32.3 Å². The van der Waals surface area contributed by atoms with Crippen molar-refractivity contribution < 1.29 is 9.72 Å². The van der Waals surface area contributed by atoms with Crippen LogP contribution in [0, 0.1) is 10.1 Å². The van der Waals surface area contributed by atoms with Gasteiger partial charge in [-0.15, -0.1) is 0 Å². The Balaban J connectivity index is 2.70. The van der Waals surface area contributed by atoms with E-state index in [4.69, 9.17) is 0 Å². The monoisotopic (exact) mass is 276 g/mol. The predicted octanol–water partition coefficient (Wildman–Crippen LogP) is 3.26. The van der Waals surface area contributed by atoms with Gasteiger partial charge in [0.1, 0.15) is 0 Å². The van der Waals surface area contributed by atoms with Crippen LogP contribution in [-0.4, -0.2) is 28.8 Å². The number of amides is 1. The first-order valence-corrected chi connectivity index (χ1v) is 6.80. The van der Waals surface area contributed by atoms with E-state index in [1.165, 1.54) is 18.2 Å². The Morgan fingerprint density at radius 3 is 2.20 bits per heavy atom. The van der Waals surface area contributed by atoms with Gasteiger partial charge in [-0.25, -0.2) is 0 Å². The number of non-ortho nitro benzene ring substituents is 1. The molecule has 0 N–H and O–H groups in total. The van der Waals surface area contributed by atoms with Crippen molar-refractivity contribution in [3.8, 4) is 0 Å². The van der Waals surface area contributed by atoms with E-state index in [0.29, 0.717) is 0 Å². The van der Waals surface area contributed by atoms with Crippen LogP contribution in [0.5, 0.6) is 0 Å². The highest BCUT2D eigenvalue weighted by Gasteiger charge is 2.08. The highest BCUT2D eigenvalue weighted by molar-refractivity contribution is 5.91. The number of benzene rings is 1. The number of hydrogen-bond acceptors (Lipinski definition) is 3. The van der Waals surface area contributed by atoms with Crippen molar-refractivity contribution in [1.29, 1.82) is 0 Å². The quantitative estimate of drug-likeness (QED) is 0.436. The summed E-state index contributed by atoms with van der Waals surface area (Å²) < 4.78 is 0. The Hall–Kier alpha value is -2.17. The fourth-order valence-corrected chi connectivity index (χ4v) is 1.85. The summed E-state index contributed by atoms with van der Waals surface area (Å²) in [5, 5.41) is 10.5. The second kappa shape index (κ2) is 8.09. The summed E-state index contributed by atoms with van der Waals surface area (Å²) in [4.78, 5) is 23.9. The van der Waals surface area contributed by atoms with Crippen molar-refractivity contribution in [3.63, 3.8) is 0 Å². The Labute approximate surface area is 119 Å². The molecule has 0 radical (unpaired) electrons. The summed E-state index contributed by atoms with van der Waals surface area (Å²) >= 11 is 0. The standard InChI is InChI=1S/C15H20N2O3/c1-3-11-16(12-4-2)15(18)10-7-13-5-8-14(9-6-13)17(19)20/h5-10H,3-4,11-12H2,1-2H3/b10-7+. The topological polar surface area (TPSA) is 63.5 Å². The first-order chi connectivity index (χ1) is 9.58. The van der Waals surface area contributed by atoms with Gasteiger partial charge in [-0.3, -0.25) is 14.9 Å². The van der Waals surface area contributed by atoms with Crippen LogP contribution in [-0.2, 0) is 4.79 Å². The molecule has 0 aromatic heterocycles. The average Bonchev–Trinajstić information content (AvgIpc) is 2.45. The van der Waals surface area contributed by atoms with E-state index in [1.54, 1.807) is 18.2 Å². The van der Waals surface area contributed by atoms with Gasteiger partial charge in [0.05, 0.1) is 4.92 Å². The molecule has 108 valence electrons. The number of carbonyl (C=O) groups excluding carboxylic acids is 1. The smallest absolute Gasteiger partial charge is 0.269 e. The molecular weight excluding hydrogens is 256 g/mol. The third-order valence-electron chi connectivity index (χ3n) is 2.82. The van der Waals surface area contributed by atoms with Crippen LogP contribution >= 0.6 is 0 Å². The minimum atomic E-state index is -0.442. The van der Waals surface area contributed by atoms with Crippen molar-refractivity contribution in [2.75, 3.05) is 13.1 Å². The average molecular weight is 276 g/mol. The van der Waals surface area contributed by atoms with Crippen molar-refractivity contribution in [2.45, 2.75) is 26.7 Å². The summed E-state index contributed by atoms with van der Waals surface area (Å²) in [7, 11) is 0. The lowest BCUT2D eigenvalue weighted by Crippen LogP contribution is -2.30. The number of nitro groups is 1. The lowest BCUT2D eigenvalue weighted by molar-refractivity contribution is -0.384. The molecule has 0 spiro atoms. The van der Waals surface area contributed by atoms with E-state index < -0.39 is 4.92 Å². The van der Waals surface area contributed by atoms with Crippen molar-refractivity contribution >= 4 is 17.7 Å². The van der Waals surface area contributed by atoms with E-state index in [9.17, 15) is 14.9 Å². The number of nitrogens with zero attached hydrogens (tertiary/aromatic N) is 2. The Bertz CT molecular complexity index is 474. The lowest BCUT2D eigenvalue weighted by Gasteiger charge is -2.19. The van der Waals surface area contributed by atoms with Gasteiger partial charge in [0.2, 0.25) is 5.91 Å². The maximum atomic E-state index is 12.0. The zero-order chi connectivity index (χ0) is 15.0. The normalized spacial score (nSPS) is 10.7. The molecule has 0 aliphatic rings. The molecule has 0 heterocycles. The molecule has 1 aromatic carbocycles. The van der Waals surface area contributed by atoms with E-state index in [0.717, 1.165) is 31.5 Å². The van der Waals surface area contributed by atoms with Gasteiger partial charge < -0.3 is 4.90 Å². The van der Waals surface area contributed by atoms with Crippen LogP contribution in [0.2, 0.25) is 0 Å². The molecule has 0 unspecified atom stereocenters. The molecule has 5 heteroatoms. The van der Waals surface area contributed by atoms with E-state index in [2.05, 4.69) is 0 Å². The summed E-state index contributed by atoms with van der Waals surface area (Å²) in [6.45, 7) is 5.57. The zero-order valence-corrected chi connectivity index (χ0v) is 11.9. The molecule has 5 nitrogen and oxygen atoms in total. The molecule has 0 aliphatic heterocycles. The molecule has 0 atom stereocenters. The first kappa shape index (κ1) is 15.9. The van der Waals surface area contributed by atoms with Crippen molar-refractivity contribution in [1.82, 2.24) is 4.90 Å². The maximum Gasteiger partial charge on any atom is 0.269 e. The summed E-state index contributed by atoms with van der Waals surface area (Å²) in [5.74, 6) is -0.0212. The van der Waals surface area contributed by atoms with Crippen LogP contribution in [0.25, 0.3) is 6.08 Å². The fourth-order valence-electron chi connectivity index (χ4n) is 1.85. The molecule has 1 rings (SSSR count). The highest BCUT2D eigenvalue weighted by atomic mass is 16.6. The summed E-state index contributed by atoms with van der Waals surface area (Å²) in [5.41, 5.74) is 0.823. The second-order valence-corrected chi connectivity index (χ2v) is 4.51. The fraction of sp³-hybridized carbons (Fsp3) is 0.400. The molecule has 1 amide bonds. The van der Waals surface area contributed by atoms with E-state index in [-0.39, 0.29) is 11.6 Å². The molecular formula is C15H20N2O3. The first-order valence-electron chi connectivity index (χ1n) is 6.80. The summed E-state index contributed by atoms with van der Waals surface area (Å²) in [6.07, 6.45) is 5.06. The van der Waals surface area contributed by atoms with Gasteiger partial charge in [-0.1, -0.05) is 13.8 Å². The van der Waals surface area contributed by atoms with Gasteiger partial charge in [0, 0.05) is 31.3 Å². The third kappa shape index (κ3) is 4.84. The lowest BCUT2D eigenvalue weighted by atomic mass is 10.2. The third-order valence-corrected chi connectivity index (χ3v) is 2.82. The highest BCUT2D eigenvalue weighted by Crippen LogP contribution is 2.13. The molecule has 0 bridgehead atoms. The predicted molar refractivity (Wildman–Crippen MR) is 79.3 cm³/mol. The number of rotatable bonds is 7.